The maximum absolute atomic E-state index is 13.9. The number of carbonyl (C=O) groups is 1. The van der Waals surface area contributed by atoms with Crippen LogP contribution in [0.15, 0.2) is 12.1 Å². The van der Waals surface area contributed by atoms with Gasteiger partial charge < -0.3 is 10.4 Å². The number of nitriles is 1. The molecule has 1 fully saturated rings. The van der Waals surface area contributed by atoms with Crippen LogP contribution in [0.1, 0.15) is 38.2 Å². The van der Waals surface area contributed by atoms with Gasteiger partial charge in [-0.05, 0) is 30.9 Å². The topological polar surface area (TPSA) is 73.1 Å². The van der Waals surface area contributed by atoms with Gasteiger partial charge in [-0.1, -0.05) is 19.8 Å². The van der Waals surface area contributed by atoms with Gasteiger partial charge in [0.15, 0.2) is 11.6 Å². The Balaban J connectivity index is 2.39. The van der Waals surface area contributed by atoms with Crippen molar-refractivity contribution >= 4 is 11.7 Å². The Kier molecular flexibility index (Phi) is 4.12. The Morgan fingerprint density at radius 3 is 2.57 bits per heavy atom. The van der Waals surface area contributed by atoms with Gasteiger partial charge in [0.05, 0.1) is 11.6 Å². The Hall–Kier alpha value is -2.16. The molecule has 112 valence electrons. The highest BCUT2D eigenvalue weighted by molar-refractivity contribution is 5.83. The van der Waals surface area contributed by atoms with Crippen LogP contribution in [0.25, 0.3) is 0 Å². The number of anilines is 1. The molecule has 0 amide bonds. The molecule has 0 bridgehead atoms. The maximum Gasteiger partial charge on any atom is 0.329 e. The van der Waals surface area contributed by atoms with E-state index in [1.165, 1.54) is 0 Å². The lowest BCUT2D eigenvalue weighted by atomic mass is 9.76. The first-order valence-electron chi connectivity index (χ1n) is 6.78. The largest absolute Gasteiger partial charge is 0.480 e. The third kappa shape index (κ3) is 2.97. The molecule has 6 heteroatoms. The second kappa shape index (κ2) is 5.68. The molecule has 0 spiro atoms. The highest BCUT2D eigenvalue weighted by atomic mass is 19.1. The Morgan fingerprint density at radius 1 is 1.48 bits per heavy atom. The van der Waals surface area contributed by atoms with Gasteiger partial charge in [0.2, 0.25) is 0 Å². The monoisotopic (exact) mass is 294 g/mol. The van der Waals surface area contributed by atoms with Crippen molar-refractivity contribution in [3.05, 3.63) is 29.3 Å². The summed E-state index contributed by atoms with van der Waals surface area (Å²) < 4.78 is 27.9. The van der Waals surface area contributed by atoms with Crippen LogP contribution in [-0.2, 0) is 4.79 Å². The minimum absolute atomic E-state index is 0.142. The number of benzene rings is 1. The fraction of sp³-hybridized carbons (Fsp3) is 0.467. The number of aliphatic carboxylic acids is 1. The smallest absolute Gasteiger partial charge is 0.329 e. The Bertz CT molecular complexity index is 589. The number of halogens is 2. The lowest BCUT2D eigenvalue weighted by molar-refractivity contribution is -0.144. The van der Waals surface area contributed by atoms with Gasteiger partial charge >= 0.3 is 5.97 Å². The minimum Gasteiger partial charge on any atom is -0.480 e. The second-order valence-electron chi connectivity index (χ2n) is 5.64. The van der Waals surface area contributed by atoms with E-state index >= 15 is 0 Å². The normalized spacial score (nSPS) is 25.1. The van der Waals surface area contributed by atoms with E-state index in [0.29, 0.717) is 19.3 Å². The van der Waals surface area contributed by atoms with Gasteiger partial charge in [-0.15, -0.1) is 0 Å². The van der Waals surface area contributed by atoms with Crippen LogP contribution in [0.5, 0.6) is 0 Å². The lowest BCUT2D eigenvalue weighted by Crippen LogP contribution is -2.50. The second-order valence-corrected chi connectivity index (χ2v) is 5.64. The van der Waals surface area contributed by atoms with Gasteiger partial charge in [0, 0.05) is 0 Å². The molecule has 0 aliphatic heterocycles. The quantitative estimate of drug-likeness (QED) is 0.897. The molecule has 1 aromatic rings. The molecule has 2 rings (SSSR count). The van der Waals surface area contributed by atoms with Crippen LogP contribution in [0.2, 0.25) is 0 Å². The zero-order valence-electron chi connectivity index (χ0n) is 11.6. The van der Waals surface area contributed by atoms with Crippen LogP contribution in [0.3, 0.4) is 0 Å². The SMILES string of the molecule is CC1CCCC(Nc2c(F)cc(C#N)cc2F)(C(=O)O)C1. The van der Waals surface area contributed by atoms with E-state index in [1.807, 2.05) is 6.92 Å². The third-order valence-electron chi connectivity index (χ3n) is 3.94. The molecule has 2 N–H and O–H groups in total. The van der Waals surface area contributed by atoms with E-state index in [9.17, 15) is 18.7 Å². The minimum atomic E-state index is -1.37. The van der Waals surface area contributed by atoms with Gasteiger partial charge in [-0.3, -0.25) is 0 Å². The highest BCUT2D eigenvalue weighted by Crippen LogP contribution is 2.36. The predicted octanol–water partition coefficient (Wildman–Crippen LogP) is 3.28. The number of carboxylic acids is 1. The van der Waals surface area contributed by atoms with E-state index in [1.54, 1.807) is 6.07 Å². The van der Waals surface area contributed by atoms with Crippen molar-refractivity contribution in [2.24, 2.45) is 5.92 Å². The highest BCUT2D eigenvalue weighted by Gasteiger charge is 2.42. The molecule has 2 atom stereocenters. The van der Waals surface area contributed by atoms with Crippen molar-refractivity contribution < 1.29 is 18.7 Å². The first-order chi connectivity index (χ1) is 9.88. The summed E-state index contributed by atoms with van der Waals surface area (Å²) in [5, 5.41) is 20.7. The molecule has 1 saturated carbocycles. The molecule has 21 heavy (non-hydrogen) atoms. The average molecular weight is 294 g/mol. The van der Waals surface area contributed by atoms with E-state index < -0.39 is 28.8 Å². The summed E-state index contributed by atoms with van der Waals surface area (Å²) in [4.78, 5) is 11.6. The summed E-state index contributed by atoms with van der Waals surface area (Å²) >= 11 is 0. The van der Waals surface area contributed by atoms with Crippen molar-refractivity contribution in [1.29, 1.82) is 5.26 Å². The van der Waals surface area contributed by atoms with Crippen molar-refractivity contribution in [3.8, 4) is 6.07 Å². The van der Waals surface area contributed by atoms with E-state index in [0.717, 1.165) is 18.6 Å². The lowest BCUT2D eigenvalue weighted by Gasteiger charge is -2.38. The fourth-order valence-corrected chi connectivity index (χ4v) is 2.91. The van der Waals surface area contributed by atoms with Crippen LogP contribution in [0, 0.1) is 28.9 Å². The van der Waals surface area contributed by atoms with E-state index in [4.69, 9.17) is 5.26 Å². The summed E-state index contributed by atoms with van der Waals surface area (Å²) in [5.41, 5.74) is -1.99. The molecule has 0 radical (unpaired) electrons. The number of rotatable bonds is 3. The van der Waals surface area contributed by atoms with Gasteiger partial charge in [0.25, 0.3) is 0 Å². The molecule has 0 saturated heterocycles. The van der Waals surface area contributed by atoms with Crippen LogP contribution in [-0.4, -0.2) is 16.6 Å². The number of nitrogens with zero attached hydrogens (tertiary/aromatic N) is 1. The number of carboxylic acid groups (broad SMARTS) is 1. The molecule has 0 aromatic heterocycles. The van der Waals surface area contributed by atoms with Gasteiger partial charge in [-0.25, -0.2) is 13.6 Å². The molecule has 4 nitrogen and oxygen atoms in total. The first-order valence-corrected chi connectivity index (χ1v) is 6.78. The number of hydrogen-bond donors (Lipinski definition) is 2. The molecule has 1 aliphatic carbocycles. The predicted molar refractivity (Wildman–Crippen MR) is 72.7 cm³/mol. The first kappa shape index (κ1) is 15.2. The summed E-state index contributed by atoms with van der Waals surface area (Å²) in [6.45, 7) is 1.92. The van der Waals surface area contributed by atoms with Crippen molar-refractivity contribution in [2.75, 3.05) is 5.32 Å². The van der Waals surface area contributed by atoms with Crippen molar-refractivity contribution in [3.63, 3.8) is 0 Å². The summed E-state index contributed by atoms with van der Waals surface area (Å²) in [7, 11) is 0. The van der Waals surface area contributed by atoms with Gasteiger partial charge in [0.1, 0.15) is 11.2 Å². The van der Waals surface area contributed by atoms with E-state index in [2.05, 4.69) is 5.32 Å². The van der Waals surface area contributed by atoms with Crippen molar-refractivity contribution in [2.45, 2.75) is 38.1 Å². The molecule has 0 heterocycles. The average Bonchev–Trinajstić information content (AvgIpc) is 2.42. The molecular formula is C15H16F2N2O2. The summed E-state index contributed by atoms with van der Waals surface area (Å²) in [6, 6.07) is 3.45. The standard InChI is InChI=1S/C15H16F2N2O2/c1-9-3-2-4-15(7-9,14(20)21)19-13-11(16)5-10(8-18)6-12(13)17/h5-6,9,19H,2-4,7H2,1H3,(H,20,21). The number of hydrogen-bond acceptors (Lipinski definition) is 3. The molecule has 1 aliphatic rings. The fourth-order valence-electron chi connectivity index (χ4n) is 2.91. The van der Waals surface area contributed by atoms with Crippen LogP contribution < -0.4 is 5.32 Å². The molecule has 2 unspecified atom stereocenters. The zero-order valence-corrected chi connectivity index (χ0v) is 11.6. The van der Waals surface area contributed by atoms with Gasteiger partial charge in [-0.2, -0.15) is 5.26 Å². The van der Waals surface area contributed by atoms with Crippen LogP contribution >= 0.6 is 0 Å². The Labute approximate surface area is 121 Å². The summed E-state index contributed by atoms with van der Waals surface area (Å²) in [6.07, 6.45) is 2.20. The third-order valence-corrected chi connectivity index (χ3v) is 3.94. The van der Waals surface area contributed by atoms with E-state index in [-0.39, 0.29) is 11.5 Å². The number of nitrogens with one attached hydrogen (secondary N) is 1. The Morgan fingerprint density at radius 2 is 2.10 bits per heavy atom. The summed E-state index contributed by atoms with van der Waals surface area (Å²) in [5.74, 6) is -2.86. The molecular weight excluding hydrogens is 278 g/mol. The zero-order chi connectivity index (χ0) is 15.6. The van der Waals surface area contributed by atoms with Crippen molar-refractivity contribution in [1.82, 2.24) is 0 Å². The maximum atomic E-state index is 13.9. The molecule has 1 aromatic carbocycles. The van der Waals surface area contributed by atoms with Crippen LogP contribution in [0.4, 0.5) is 14.5 Å².